The molecule has 0 spiro atoms. The Morgan fingerprint density at radius 1 is 1.42 bits per heavy atom. The molecule has 2 rings (SSSR count). The molecule has 0 unspecified atom stereocenters. The zero-order valence-corrected chi connectivity index (χ0v) is 12.1. The summed E-state index contributed by atoms with van der Waals surface area (Å²) >= 11 is 2.59. The van der Waals surface area contributed by atoms with Crippen molar-refractivity contribution in [1.82, 2.24) is 25.1 Å². The lowest BCUT2D eigenvalue weighted by atomic mass is 10.5. The number of nitrogens with one attached hydrogen (secondary N) is 1. The van der Waals surface area contributed by atoms with Crippen LogP contribution in [0.1, 0.15) is 17.8 Å². The standard InChI is InChI=1S/C9H13N7OS2/c1-3-7-13-14-8(19-7)11-6(17)4-18-9-15-12-5(2)16(9)10/h3-4,10H2,1-2H3,(H,11,14,17). The van der Waals surface area contributed by atoms with Crippen LogP contribution < -0.4 is 11.2 Å². The molecular formula is C9H13N7OS2. The highest BCUT2D eigenvalue weighted by atomic mass is 32.2. The maximum absolute atomic E-state index is 11.7. The summed E-state index contributed by atoms with van der Waals surface area (Å²) in [6, 6.07) is 0. The maximum atomic E-state index is 11.7. The van der Waals surface area contributed by atoms with Crippen LogP contribution in [0.3, 0.4) is 0 Å². The van der Waals surface area contributed by atoms with E-state index < -0.39 is 0 Å². The fourth-order valence-corrected chi connectivity index (χ4v) is 2.58. The van der Waals surface area contributed by atoms with Crippen molar-refractivity contribution in [1.29, 1.82) is 0 Å². The number of rotatable bonds is 5. The number of nitrogens with zero attached hydrogens (tertiary/aromatic N) is 5. The zero-order valence-electron chi connectivity index (χ0n) is 10.5. The van der Waals surface area contributed by atoms with Crippen molar-refractivity contribution in [3.05, 3.63) is 10.8 Å². The van der Waals surface area contributed by atoms with E-state index in [1.165, 1.54) is 27.8 Å². The molecule has 102 valence electrons. The first kappa shape index (κ1) is 13.7. The van der Waals surface area contributed by atoms with Gasteiger partial charge in [0.2, 0.25) is 16.2 Å². The highest BCUT2D eigenvalue weighted by Gasteiger charge is 2.11. The Morgan fingerprint density at radius 2 is 2.21 bits per heavy atom. The molecule has 0 bridgehead atoms. The molecule has 0 aliphatic rings. The number of aryl methyl sites for hydroxylation is 2. The van der Waals surface area contributed by atoms with Gasteiger partial charge >= 0.3 is 0 Å². The fraction of sp³-hybridized carbons (Fsp3) is 0.444. The van der Waals surface area contributed by atoms with Gasteiger partial charge in [0, 0.05) is 0 Å². The van der Waals surface area contributed by atoms with E-state index in [1.807, 2.05) is 6.92 Å². The van der Waals surface area contributed by atoms with Crippen LogP contribution >= 0.6 is 23.1 Å². The summed E-state index contributed by atoms with van der Waals surface area (Å²) in [6.07, 6.45) is 0.803. The molecule has 0 radical (unpaired) electrons. The van der Waals surface area contributed by atoms with Crippen LogP contribution in [0.15, 0.2) is 5.16 Å². The van der Waals surface area contributed by atoms with Gasteiger partial charge in [-0.25, -0.2) is 4.68 Å². The predicted octanol–water partition coefficient (Wildman–Crippen LogP) is 0.445. The number of nitrogens with two attached hydrogens (primary N) is 1. The number of carbonyl (C=O) groups is 1. The molecule has 0 saturated carbocycles. The number of aromatic nitrogens is 5. The smallest absolute Gasteiger partial charge is 0.236 e. The Bertz CT molecular complexity index is 579. The summed E-state index contributed by atoms with van der Waals surface area (Å²) in [5.74, 6) is 6.29. The lowest BCUT2D eigenvalue weighted by Gasteiger charge is -2.01. The minimum absolute atomic E-state index is 0.176. The molecule has 0 aliphatic heterocycles. The Balaban J connectivity index is 1.86. The van der Waals surface area contributed by atoms with Crippen molar-refractivity contribution in [3.8, 4) is 0 Å². The summed E-state index contributed by atoms with van der Waals surface area (Å²) in [5.41, 5.74) is 0. The topological polar surface area (TPSA) is 112 Å². The van der Waals surface area contributed by atoms with Gasteiger partial charge in [-0.3, -0.25) is 10.1 Å². The number of amides is 1. The first-order chi connectivity index (χ1) is 9.10. The van der Waals surface area contributed by atoms with Crippen LogP contribution in [0.4, 0.5) is 5.13 Å². The van der Waals surface area contributed by atoms with E-state index in [9.17, 15) is 4.79 Å². The van der Waals surface area contributed by atoms with Gasteiger partial charge in [0.15, 0.2) is 0 Å². The summed E-state index contributed by atoms with van der Waals surface area (Å²) < 4.78 is 1.35. The molecule has 3 N–H and O–H groups in total. The second-order valence-corrected chi connectivity index (χ2v) is 5.60. The van der Waals surface area contributed by atoms with Gasteiger partial charge in [-0.15, -0.1) is 20.4 Å². The van der Waals surface area contributed by atoms with Gasteiger partial charge in [0.05, 0.1) is 5.75 Å². The lowest BCUT2D eigenvalue weighted by Crippen LogP contribution is -2.16. The molecule has 0 fully saturated rings. The third-order valence-electron chi connectivity index (χ3n) is 2.18. The number of carbonyl (C=O) groups excluding carboxylic acids is 1. The fourth-order valence-electron chi connectivity index (χ4n) is 1.18. The summed E-state index contributed by atoms with van der Waals surface area (Å²) in [7, 11) is 0. The van der Waals surface area contributed by atoms with Crippen molar-refractivity contribution < 1.29 is 4.79 Å². The minimum atomic E-state index is -0.176. The molecule has 10 heteroatoms. The third-order valence-corrected chi connectivity index (χ3v) is 4.11. The average molecular weight is 299 g/mol. The summed E-state index contributed by atoms with van der Waals surface area (Å²) in [6.45, 7) is 3.73. The lowest BCUT2D eigenvalue weighted by molar-refractivity contribution is -0.113. The van der Waals surface area contributed by atoms with Gasteiger partial charge in [-0.2, -0.15) is 0 Å². The number of hydrogen-bond acceptors (Lipinski definition) is 8. The zero-order chi connectivity index (χ0) is 13.8. The van der Waals surface area contributed by atoms with Gasteiger partial charge < -0.3 is 5.84 Å². The Morgan fingerprint density at radius 3 is 2.79 bits per heavy atom. The Kier molecular flexibility index (Phi) is 4.32. The van der Waals surface area contributed by atoms with Crippen molar-refractivity contribution in [2.24, 2.45) is 0 Å². The monoisotopic (exact) mass is 299 g/mol. The highest BCUT2D eigenvalue weighted by molar-refractivity contribution is 7.99. The SMILES string of the molecule is CCc1nnc(NC(=O)CSc2nnc(C)n2N)s1. The van der Waals surface area contributed by atoms with Gasteiger partial charge in [0.1, 0.15) is 10.8 Å². The number of anilines is 1. The second-order valence-electron chi connectivity index (χ2n) is 3.59. The van der Waals surface area contributed by atoms with Crippen molar-refractivity contribution >= 4 is 34.1 Å². The average Bonchev–Trinajstić information content (AvgIpc) is 2.96. The molecule has 2 aromatic heterocycles. The van der Waals surface area contributed by atoms with Crippen LogP contribution in [-0.2, 0) is 11.2 Å². The molecule has 2 aromatic rings. The molecule has 0 aromatic carbocycles. The normalized spacial score (nSPS) is 10.6. The van der Waals surface area contributed by atoms with Crippen molar-refractivity contribution in [2.75, 3.05) is 16.9 Å². The molecule has 0 atom stereocenters. The van der Waals surface area contributed by atoms with Crippen LogP contribution in [0.2, 0.25) is 0 Å². The van der Waals surface area contributed by atoms with Crippen molar-refractivity contribution in [2.45, 2.75) is 25.4 Å². The van der Waals surface area contributed by atoms with Gasteiger partial charge in [0.25, 0.3) is 0 Å². The largest absolute Gasteiger partial charge is 0.336 e. The van der Waals surface area contributed by atoms with Crippen LogP contribution in [0.25, 0.3) is 0 Å². The van der Waals surface area contributed by atoms with Gasteiger partial charge in [-0.1, -0.05) is 30.0 Å². The summed E-state index contributed by atoms with van der Waals surface area (Å²) in [4.78, 5) is 11.7. The first-order valence-corrected chi connectivity index (χ1v) is 7.32. The number of nitrogen functional groups attached to an aromatic ring is 1. The highest BCUT2D eigenvalue weighted by Crippen LogP contribution is 2.17. The van der Waals surface area contributed by atoms with E-state index in [4.69, 9.17) is 5.84 Å². The Hall–Kier alpha value is -1.68. The van der Waals surface area contributed by atoms with E-state index in [-0.39, 0.29) is 11.7 Å². The van der Waals surface area contributed by atoms with E-state index in [1.54, 1.807) is 6.92 Å². The molecule has 19 heavy (non-hydrogen) atoms. The van der Waals surface area contributed by atoms with E-state index in [0.717, 1.165) is 11.4 Å². The molecule has 8 nitrogen and oxygen atoms in total. The van der Waals surface area contributed by atoms with Gasteiger partial charge in [-0.05, 0) is 13.3 Å². The van der Waals surface area contributed by atoms with E-state index >= 15 is 0 Å². The minimum Gasteiger partial charge on any atom is -0.336 e. The number of thioether (sulfide) groups is 1. The van der Waals surface area contributed by atoms with Crippen molar-refractivity contribution in [3.63, 3.8) is 0 Å². The van der Waals surface area contributed by atoms with Crippen LogP contribution in [-0.4, -0.2) is 36.7 Å². The second kappa shape index (κ2) is 5.97. The first-order valence-electron chi connectivity index (χ1n) is 5.52. The predicted molar refractivity (Wildman–Crippen MR) is 73.6 cm³/mol. The van der Waals surface area contributed by atoms with E-state index in [0.29, 0.717) is 16.1 Å². The Labute approximate surface area is 117 Å². The molecular weight excluding hydrogens is 286 g/mol. The molecule has 2 heterocycles. The molecule has 0 aliphatic carbocycles. The molecule has 0 saturated heterocycles. The van der Waals surface area contributed by atoms with Crippen LogP contribution in [0.5, 0.6) is 0 Å². The molecule has 1 amide bonds. The third kappa shape index (κ3) is 3.41. The quantitative estimate of drug-likeness (QED) is 0.608. The van der Waals surface area contributed by atoms with E-state index in [2.05, 4.69) is 25.7 Å². The van der Waals surface area contributed by atoms with Crippen LogP contribution in [0, 0.1) is 6.92 Å². The summed E-state index contributed by atoms with van der Waals surface area (Å²) in [5, 5.41) is 20.0. The number of hydrogen-bond donors (Lipinski definition) is 2. The maximum Gasteiger partial charge on any atom is 0.236 e.